The number of likely N-dealkylation sites (tertiary alicyclic amines) is 1. The maximum atomic E-state index is 12.6. The Kier molecular flexibility index (Phi) is 6.35. The minimum absolute atomic E-state index is 0.0427. The van der Waals surface area contributed by atoms with Crippen LogP contribution < -0.4 is 10.6 Å². The maximum absolute atomic E-state index is 12.6. The Morgan fingerprint density at radius 1 is 1.36 bits per heavy atom. The van der Waals surface area contributed by atoms with Gasteiger partial charge in [-0.05, 0) is 38.9 Å². The molecule has 9 nitrogen and oxygen atoms in total. The number of esters is 1. The van der Waals surface area contributed by atoms with Crippen molar-refractivity contribution >= 4 is 17.9 Å². The van der Waals surface area contributed by atoms with Crippen LogP contribution in [0.4, 0.5) is 4.79 Å². The van der Waals surface area contributed by atoms with Crippen molar-refractivity contribution in [1.29, 1.82) is 0 Å². The molecule has 3 amide bonds. The van der Waals surface area contributed by atoms with Crippen LogP contribution in [0.5, 0.6) is 0 Å². The zero-order chi connectivity index (χ0) is 20.1. The molecule has 3 heterocycles. The highest BCUT2D eigenvalue weighted by Crippen LogP contribution is 2.28. The number of likely N-dealkylation sites (N-methyl/N-ethyl adjacent to an activating group) is 1. The summed E-state index contributed by atoms with van der Waals surface area (Å²) in [6.07, 6.45) is 3.53. The summed E-state index contributed by atoms with van der Waals surface area (Å²) in [7, 11) is 1.78. The van der Waals surface area contributed by atoms with Crippen molar-refractivity contribution in [2.45, 2.75) is 25.8 Å². The third-order valence-electron chi connectivity index (χ3n) is 4.77. The van der Waals surface area contributed by atoms with Crippen molar-refractivity contribution in [3.63, 3.8) is 0 Å². The fourth-order valence-electron chi connectivity index (χ4n) is 3.48. The van der Waals surface area contributed by atoms with Gasteiger partial charge in [-0.15, -0.1) is 0 Å². The van der Waals surface area contributed by atoms with Crippen molar-refractivity contribution in [2.24, 2.45) is 0 Å². The summed E-state index contributed by atoms with van der Waals surface area (Å²) in [6.45, 7) is 3.91. The van der Waals surface area contributed by atoms with Crippen molar-refractivity contribution in [3.8, 4) is 0 Å². The van der Waals surface area contributed by atoms with Gasteiger partial charge in [-0.1, -0.05) is 0 Å². The zero-order valence-electron chi connectivity index (χ0n) is 16.2. The quantitative estimate of drug-likeness (QED) is 0.674. The Labute approximate surface area is 163 Å². The van der Waals surface area contributed by atoms with Crippen LogP contribution in [-0.2, 0) is 14.3 Å². The van der Waals surface area contributed by atoms with E-state index < -0.39 is 18.0 Å². The first kappa shape index (κ1) is 19.9. The maximum Gasteiger partial charge on any atom is 0.338 e. The summed E-state index contributed by atoms with van der Waals surface area (Å²) < 4.78 is 10.6. The molecule has 9 heteroatoms. The second-order valence-electron chi connectivity index (χ2n) is 6.92. The first-order chi connectivity index (χ1) is 13.5. The average Bonchev–Trinajstić information content (AvgIpc) is 3.35. The van der Waals surface area contributed by atoms with Crippen molar-refractivity contribution in [1.82, 2.24) is 20.4 Å². The molecule has 1 aromatic heterocycles. The minimum atomic E-state index is -0.750. The third kappa shape index (κ3) is 4.53. The Morgan fingerprint density at radius 2 is 2.11 bits per heavy atom. The van der Waals surface area contributed by atoms with Gasteiger partial charge in [-0.3, -0.25) is 9.69 Å². The molecule has 152 valence electrons. The van der Waals surface area contributed by atoms with E-state index in [0.29, 0.717) is 11.5 Å². The standard InChI is InChI=1S/C19H26N4O5/c1-3-27-18(25)16-13(11-22(2)12-15(24)23-8-4-5-9-23)20-19(26)21-17(16)14-7-6-10-28-14/h6-7,10,17H,3-5,8-9,11-12H2,1-2H3,(H2,20,21,26)/t17-/m1/s1. The summed E-state index contributed by atoms with van der Waals surface area (Å²) >= 11 is 0. The fourth-order valence-corrected chi connectivity index (χ4v) is 3.48. The van der Waals surface area contributed by atoms with E-state index in [2.05, 4.69) is 10.6 Å². The molecule has 2 N–H and O–H groups in total. The monoisotopic (exact) mass is 390 g/mol. The van der Waals surface area contributed by atoms with Crippen LogP contribution in [0.3, 0.4) is 0 Å². The van der Waals surface area contributed by atoms with Gasteiger partial charge in [0.15, 0.2) is 0 Å². The van der Waals surface area contributed by atoms with Gasteiger partial charge in [0, 0.05) is 25.3 Å². The molecule has 0 saturated carbocycles. The molecule has 0 aliphatic carbocycles. The summed E-state index contributed by atoms with van der Waals surface area (Å²) in [5.74, 6) is -0.0574. The summed E-state index contributed by atoms with van der Waals surface area (Å²) in [5, 5.41) is 5.39. The molecular formula is C19H26N4O5. The lowest BCUT2D eigenvalue weighted by molar-refractivity contribution is -0.139. The number of rotatable bonds is 7. The average molecular weight is 390 g/mol. The molecule has 0 radical (unpaired) electrons. The summed E-state index contributed by atoms with van der Waals surface area (Å²) in [4.78, 5) is 40.8. The highest BCUT2D eigenvalue weighted by Gasteiger charge is 2.35. The number of carbonyl (C=O) groups excluding carboxylic acids is 3. The Bertz CT molecular complexity index is 752. The van der Waals surface area contributed by atoms with Crippen LogP contribution in [0.25, 0.3) is 0 Å². The minimum Gasteiger partial charge on any atom is -0.467 e. The molecule has 2 aliphatic heterocycles. The molecule has 0 aromatic carbocycles. The highest BCUT2D eigenvalue weighted by molar-refractivity contribution is 5.95. The van der Waals surface area contributed by atoms with Crippen LogP contribution in [0.2, 0.25) is 0 Å². The van der Waals surface area contributed by atoms with E-state index in [-0.39, 0.29) is 31.2 Å². The predicted octanol–water partition coefficient (Wildman–Crippen LogP) is 1.00. The Morgan fingerprint density at radius 3 is 2.75 bits per heavy atom. The number of hydrogen-bond acceptors (Lipinski definition) is 6. The molecular weight excluding hydrogens is 364 g/mol. The largest absolute Gasteiger partial charge is 0.467 e. The molecule has 0 unspecified atom stereocenters. The second-order valence-corrected chi connectivity index (χ2v) is 6.92. The van der Waals surface area contributed by atoms with E-state index in [4.69, 9.17) is 9.15 Å². The lowest BCUT2D eigenvalue weighted by Gasteiger charge is -2.30. The lowest BCUT2D eigenvalue weighted by atomic mass is 10.00. The molecule has 3 rings (SSSR count). The number of amides is 3. The van der Waals surface area contributed by atoms with E-state index in [1.165, 1.54) is 6.26 Å². The summed E-state index contributed by atoms with van der Waals surface area (Å²) in [5.41, 5.74) is 0.678. The Balaban J connectivity index is 1.82. The number of urea groups is 1. The van der Waals surface area contributed by atoms with Crippen LogP contribution in [0.15, 0.2) is 34.1 Å². The normalized spacial score (nSPS) is 19.6. The SMILES string of the molecule is CCOC(=O)C1=C(CN(C)CC(=O)N2CCCC2)NC(=O)N[C@@H]1c1ccco1. The number of nitrogens with zero attached hydrogens (tertiary/aromatic N) is 2. The number of ether oxygens (including phenoxy) is 1. The molecule has 28 heavy (non-hydrogen) atoms. The van der Waals surface area contributed by atoms with Gasteiger partial charge in [-0.2, -0.15) is 0 Å². The number of carbonyl (C=O) groups is 3. The van der Waals surface area contributed by atoms with Crippen molar-refractivity contribution in [2.75, 3.05) is 39.8 Å². The van der Waals surface area contributed by atoms with E-state index in [1.54, 1.807) is 31.0 Å². The van der Waals surface area contributed by atoms with Gasteiger partial charge < -0.3 is 24.7 Å². The first-order valence-corrected chi connectivity index (χ1v) is 9.47. The third-order valence-corrected chi connectivity index (χ3v) is 4.77. The second kappa shape index (κ2) is 8.92. The summed E-state index contributed by atoms with van der Waals surface area (Å²) in [6, 6.07) is 2.18. The van der Waals surface area contributed by atoms with Gasteiger partial charge in [0.2, 0.25) is 5.91 Å². The molecule has 1 saturated heterocycles. The predicted molar refractivity (Wildman–Crippen MR) is 100 cm³/mol. The van der Waals surface area contributed by atoms with E-state index in [9.17, 15) is 14.4 Å². The fraction of sp³-hybridized carbons (Fsp3) is 0.526. The van der Waals surface area contributed by atoms with Gasteiger partial charge in [0.1, 0.15) is 11.8 Å². The number of hydrogen-bond donors (Lipinski definition) is 2. The van der Waals surface area contributed by atoms with Gasteiger partial charge in [0.25, 0.3) is 0 Å². The van der Waals surface area contributed by atoms with Crippen molar-refractivity contribution < 1.29 is 23.5 Å². The molecule has 0 spiro atoms. The van der Waals surface area contributed by atoms with Crippen molar-refractivity contribution in [3.05, 3.63) is 35.4 Å². The van der Waals surface area contributed by atoms with E-state index >= 15 is 0 Å². The van der Waals surface area contributed by atoms with Crippen LogP contribution >= 0.6 is 0 Å². The smallest absolute Gasteiger partial charge is 0.338 e. The van der Waals surface area contributed by atoms with Crippen LogP contribution in [0, 0.1) is 0 Å². The zero-order valence-corrected chi connectivity index (χ0v) is 16.2. The number of furan rings is 1. The molecule has 1 atom stereocenters. The molecule has 1 aromatic rings. The lowest BCUT2D eigenvalue weighted by Crippen LogP contribution is -2.49. The van der Waals surface area contributed by atoms with Crippen LogP contribution in [-0.4, -0.2) is 67.5 Å². The van der Waals surface area contributed by atoms with Gasteiger partial charge in [-0.25, -0.2) is 9.59 Å². The van der Waals surface area contributed by atoms with E-state index in [0.717, 1.165) is 25.9 Å². The number of nitrogens with one attached hydrogen (secondary N) is 2. The molecule has 1 fully saturated rings. The first-order valence-electron chi connectivity index (χ1n) is 9.47. The Hall–Kier alpha value is -2.81. The molecule has 0 bridgehead atoms. The van der Waals surface area contributed by atoms with Crippen LogP contribution in [0.1, 0.15) is 31.6 Å². The van der Waals surface area contributed by atoms with Gasteiger partial charge >= 0.3 is 12.0 Å². The topological polar surface area (TPSA) is 104 Å². The highest BCUT2D eigenvalue weighted by atomic mass is 16.5. The van der Waals surface area contributed by atoms with E-state index in [1.807, 2.05) is 4.90 Å². The van der Waals surface area contributed by atoms with Gasteiger partial charge in [0.05, 0.1) is 25.0 Å². The molecule has 2 aliphatic rings.